The molecule has 7 aromatic carbocycles. The molecule has 0 atom stereocenters. The number of fused-ring (bicyclic) bond motifs is 6. The van der Waals surface area contributed by atoms with Crippen LogP contribution in [-0.2, 0) is 0 Å². The number of para-hydroxylation sites is 3. The summed E-state index contributed by atoms with van der Waals surface area (Å²) in [5.74, 6) is 0. The SMILES string of the molecule is Cc1cc(C#N)cc(-c2cc(-c3cccc(-n4c5ccccc5c5ccccc54)c3)cc(-n3c4ccccc4c4cc(C#N)ccc43)c2)c1. The van der Waals surface area contributed by atoms with Crippen molar-refractivity contribution in [3.63, 3.8) is 0 Å². The third-order valence-corrected chi connectivity index (χ3v) is 9.54. The summed E-state index contributed by atoms with van der Waals surface area (Å²) in [5.41, 5.74) is 13.0. The van der Waals surface area contributed by atoms with E-state index in [9.17, 15) is 10.5 Å². The van der Waals surface area contributed by atoms with Gasteiger partial charge in [0.1, 0.15) is 0 Å². The standard InChI is InChI=1S/C45H28N4/c1-29-19-31(28-47)21-33(20-29)35-23-34(25-37(26-35)49-44-16-7-4-13-40(44)41-22-30(27-46)17-18-45(41)49)32-9-8-10-36(24-32)48-42-14-5-2-11-38(42)39-12-3-6-15-43(39)48/h2-26H,1H3. The van der Waals surface area contributed by atoms with Crippen molar-refractivity contribution >= 4 is 43.6 Å². The summed E-state index contributed by atoms with van der Waals surface area (Å²) in [6, 6.07) is 57.5. The summed E-state index contributed by atoms with van der Waals surface area (Å²) < 4.78 is 4.63. The van der Waals surface area contributed by atoms with Crippen LogP contribution in [0.25, 0.3) is 77.2 Å². The summed E-state index contributed by atoms with van der Waals surface area (Å²) in [4.78, 5) is 0. The van der Waals surface area contributed by atoms with Gasteiger partial charge in [-0.25, -0.2) is 0 Å². The van der Waals surface area contributed by atoms with Crippen LogP contribution in [0.2, 0.25) is 0 Å². The van der Waals surface area contributed by atoms with E-state index in [0.717, 1.165) is 61.0 Å². The van der Waals surface area contributed by atoms with Crippen LogP contribution in [0.1, 0.15) is 16.7 Å². The van der Waals surface area contributed by atoms with Crippen LogP contribution in [0.5, 0.6) is 0 Å². The van der Waals surface area contributed by atoms with E-state index in [4.69, 9.17) is 0 Å². The molecule has 2 aromatic heterocycles. The van der Waals surface area contributed by atoms with Crippen LogP contribution in [0.4, 0.5) is 0 Å². The molecule has 0 radical (unpaired) electrons. The Morgan fingerprint density at radius 2 is 0.918 bits per heavy atom. The van der Waals surface area contributed by atoms with Crippen molar-refractivity contribution in [3.8, 4) is 45.8 Å². The maximum atomic E-state index is 9.84. The molecule has 9 rings (SSSR count). The first-order valence-electron chi connectivity index (χ1n) is 16.3. The molecule has 9 aromatic rings. The smallest absolute Gasteiger partial charge is 0.0991 e. The zero-order chi connectivity index (χ0) is 33.1. The maximum Gasteiger partial charge on any atom is 0.0991 e. The summed E-state index contributed by atoms with van der Waals surface area (Å²) >= 11 is 0. The lowest BCUT2D eigenvalue weighted by Crippen LogP contribution is -1.97. The minimum atomic E-state index is 0.635. The van der Waals surface area contributed by atoms with Crippen LogP contribution in [-0.4, -0.2) is 9.13 Å². The molecule has 0 aliphatic carbocycles. The van der Waals surface area contributed by atoms with Crippen LogP contribution in [0.15, 0.2) is 152 Å². The molecular formula is C45H28N4. The van der Waals surface area contributed by atoms with Gasteiger partial charge in [-0.2, -0.15) is 10.5 Å². The second-order valence-electron chi connectivity index (χ2n) is 12.6. The molecule has 0 bridgehead atoms. The first-order chi connectivity index (χ1) is 24.1. The summed E-state index contributed by atoms with van der Waals surface area (Å²) in [5, 5.41) is 24.1. The lowest BCUT2D eigenvalue weighted by atomic mass is 9.95. The summed E-state index contributed by atoms with van der Waals surface area (Å²) in [7, 11) is 0. The predicted octanol–water partition coefficient (Wildman–Crippen LogP) is 11.3. The van der Waals surface area contributed by atoms with Crippen molar-refractivity contribution in [1.82, 2.24) is 9.13 Å². The predicted molar refractivity (Wildman–Crippen MR) is 200 cm³/mol. The normalized spacial score (nSPS) is 11.3. The van der Waals surface area contributed by atoms with Crippen LogP contribution < -0.4 is 0 Å². The maximum absolute atomic E-state index is 9.84. The van der Waals surface area contributed by atoms with E-state index in [2.05, 4.69) is 137 Å². The number of aromatic nitrogens is 2. The minimum absolute atomic E-state index is 0.635. The van der Waals surface area contributed by atoms with Crippen molar-refractivity contribution in [2.75, 3.05) is 0 Å². The molecule has 2 heterocycles. The van der Waals surface area contributed by atoms with Crippen molar-refractivity contribution in [3.05, 3.63) is 168 Å². The third kappa shape index (κ3) is 4.59. The highest BCUT2D eigenvalue weighted by Gasteiger charge is 2.17. The van der Waals surface area contributed by atoms with Gasteiger partial charge in [-0.1, -0.05) is 72.8 Å². The molecule has 4 nitrogen and oxygen atoms in total. The van der Waals surface area contributed by atoms with Gasteiger partial charge in [-0.05, 0) is 114 Å². The molecule has 0 aliphatic heterocycles. The zero-order valence-corrected chi connectivity index (χ0v) is 26.7. The molecule has 0 N–H and O–H groups in total. The Balaban J connectivity index is 1.32. The van der Waals surface area contributed by atoms with Gasteiger partial charge in [0.05, 0.1) is 45.3 Å². The molecule has 49 heavy (non-hydrogen) atoms. The Morgan fingerprint density at radius 3 is 1.57 bits per heavy atom. The van der Waals surface area contributed by atoms with Gasteiger partial charge in [-0.3, -0.25) is 0 Å². The molecule has 0 unspecified atom stereocenters. The third-order valence-electron chi connectivity index (χ3n) is 9.54. The van der Waals surface area contributed by atoms with E-state index in [-0.39, 0.29) is 0 Å². The lowest BCUT2D eigenvalue weighted by Gasteiger charge is -2.15. The van der Waals surface area contributed by atoms with Gasteiger partial charge < -0.3 is 9.13 Å². The van der Waals surface area contributed by atoms with Gasteiger partial charge in [0, 0.05) is 32.9 Å². The van der Waals surface area contributed by atoms with Crippen molar-refractivity contribution in [2.24, 2.45) is 0 Å². The molecule has 0 fully saturated rings. The Kier molecular flexibility index (Phi) is 6.44. The minimum Gasteiger partial charge on any atom is -0.309 e. The highest BCUT2D eigenvalue weighted by Crippen LogP contribution is 2.38. The first kappa shape index (κ1) is 28.4. The molecule has 0 aliphatic rings. The van der Waals surface area contributed by atoms with E-state index in [1.54, 1.807) is 0 Å². The van der Waals surface area contributed by atoms with Crippen molar-refractivity contribution in [2.45, 2.75) is 6.92 Å². The number of benzene rings is 7. The molecule has 0 amide bonds. The van der Waals surface area contributed by atoms with Crippen molar-refractivity contribution < 1.29 is 0 Å². The highest BCUT2D eigenvalue weighted by atomic mass is 15.0. The fourth-order valence-electron chi connectivity index (χ4n) is 7.43. The number of aryl methyl sites for hydroxylation is 1. The van der Waals surface area contributed by atoms with Crippen LogP contribution in [0, 0.1) is 29.6 Å². The zero-order valence-electron chi connectivity index (χ0n) is 26.7. The largest absolute Gasteiger partial charge is 0.309 e. The van der Waals surface area contributed by atoms with Crippen LogP contribution in [0.3, 0.4) is 0 Å². The van der Waals surface area contributed by atoms with E-state index in [1.807, 2.05) is 43.3 Å². The lowest BCUT2D eigenvalue weighted by molar-refractivity contribution is 1.17. The number of rotatable bonds is 4. The number of hydrogen-bond donors (Lipinski definition) is 0. The second-order valence-corrected chi connectivity index (χ2v) is 12.6. The topological polar surface area (TPSA) is 57.4 Å². The fraction of sp³-hybridized carbons (Fsp3) is 0.0222. The number of nitriles is 2. The molecule has 0 saturated carbocycles. The average molecular weight is 625 g/mol. The van der Waals surface area contributed by atoms with Crippen molar-refractivity contribution in [1.29, 1.82) is 10.5 Å². The Bertz CT molecular complexity index is 2820. The molecule has 4 heteroatoms. The molecule has 0 spiro atoms. The number of hydrogen-bond acceptors (Lipinski definition) is 2. The summed E-state index contributed by atoms with van der Waals surface area (Å²) in [6.07, 6.45) is 0. The van der Waals surface area contributed by atoms with E-state index in [1.165, 1.54) is 21.8 Å². The Labute approximate surface area is 283 Å². The Hall–Kier alpha value is -6.88. The fourth-order valence-corrected chi connectivity index (χ4v) is 7.43. The van der Waals surface area contributed by atoms with E-state index in [0.29, 0.717) is 11.1 Å². The highest BCUT2D eigenvalue weighted by molar-refractivity contribution is 6.10. The van der Waals surface area contributed by atoms with E-state index < -0.39 is 0 Å². The van der Waals surface area contributed by atoms with Gasteiger partial charge >= 0.3 is 0 Å². The quantitative estimate of drug-likeness (QED) is 0.196. The molecular weight excluding hydrogens is 597 g/mol. The average Bonchev–Trinajstić information content (AvgIpc) is 3.67. The molecule has 0 saturated heterocycles. The van der Waals surface area contributed by atoms with Crippen LogP contribution >= 0.6 is 0 Å². The first-order valence-corrected chi connectivity index (χ1v) is 16.3. The van der Waals surface area contributed by atoms with Gasteiger partial charge in [-0.15, -0.1) is 0 Å². The monoisotopic (exact) mass is 624 g/mol. The Morgan fingerprint density at radius 1 is 0.388 bits per heavy atom. The van der Waals surface area contributed by atoms with E-state index >= 15 is 0 Å². The van der Waals surface area contributed by atoms with Gasteiger partial charge in [0.25, 0.3) is 0 Å². The van der Waals surface area contributed by atoms with Gasteiger partial charge in [0.15, 0.2) is 0 Å². The summed E-state index contributed by atoms with van der Waals surface area (Å²) in [6.45, 7) is 2.03. The van der Waals surface area contributed by atoms with Gasteiger partial charge in [0.2, 0.25) is 0 Å². The second kappa shape index (κ2) is 11.1. The molecule has 228 valence electrons. The number of nitrogens with zero attached hydrogens (tertiary/aromatic N) is 4.